The maximum atomic E-state index is 13.0. The molecule has 1 fully saturated rings. The molecule has 8 heteroatoms. The standard InChI is InChI=1S/C16H20FN5O2/c1-21-9-11(7-20-21)15-10(3-4-14(23)22(15)2)6-19-16(24)13-5-12(17)8-18-13/h5,7-10,15,18H,3-4,6H2,1-2H3,(H,19,24)/t10-,15+/m1/s1. The molecule has 7 nitrogen and oxygen atoms in total. The second-order valence-corrected chi connectivity index (χ2v) is 6.14. The number of aryl methyl sites for hydroxylation is 1. The molecule has 2 atom stereocenters. The van der Waals surface area contributed by atoms with Crippen molar-refractivity contribution in [3.63, 3.8) is 0 Å². The minimum Gasteiger partial charge on any atom is -0.355 e. The van der Waals surface area contributed by atoms with Gasteiger partial charge in [-0.1, -0.05) is 0 Å². The van der Waals surface area contributed by atoms with Crippen molar-refractivity contribution in [1.29, 1.82) is 0 Å². The Morgan fingerprint density at radius 1 is 1.50 bits per heavy atom. The molecule has 2 amide bonds. The molecule has 0 aromatic carbocycles. The molecule has 2 aromatic heterocycles. The summed E-state index contributed by atoms with van der Waals surface area (Å²) in [5, 5.41) is 7.00. The Hall–Kier alpha value is -2.64. The van der Waals surface area contributed by atoms with Gasteiger partial charge in [0.2, 0.25) is 5.91 Å². The smallest absolute Gasteiger partial charge is 0.267 e. The van der Waals surface area contributed by atoms with Gasteiger partial charge in [0.05, 0.1) is 12.2 Å². The molecule has 3 rings (SSSR count). The lowest BCUT2D eigenvalue weighted by atomic mass is 9.85. The van der Waals surface area contributed by atoms with E-state index < -0.39 is 5.82 Å². The van der Waals surface area contributed by atoms with Gasteiger partial charge in [-0.3, -0.25) is 14.3 Å². The molecule has 1 aliphatic heterocycles. The first-order valence-electron chi connectivity index (χ1n) is 7.82. The van der Waals surface area contributed by atoms with Gasteiger partial charge in [0.25, 0.3) is 5.91 Å². The lowest BCUT2D eigenvalue weighted by molar-refractivity contribution is -0.136. The van der Waals surface area contributed by atoms with Crippen molar-refractivity contribution >= 4 is 11.8 Å². The van der Waals surface area contributed by atoms with Crippen molar-refractivity contribution in [3.8, 4) is 0 Å². The van der Waals surface area contributed by atoms with Crippen LogP contribution in [0.25, 0.3) is 0 Å². The fourth-order valence-electron chi connectivity index (χ4n) is 3.23. The second kappa shape index (κ2) is 6.46. The average Bonchev–Trinajstić information content (AvgIpc) is 3.16. The van der Waals surface area contributed by atoms with Crippen LogP contribution in [0.1, 0.15) is 34.9 Å². The number of hydrogen-bond donors (Lipinski definition) is 2. The van der Waals surface area contributed by atoms with Gasteiger partial charge in [0.1, 0.15) is 11.5 Å². The molecule has 0 spiro atoms. The minimum atomic E-state index is -0.476. The number of nitrogens with one attached hydrogen (secondary N) is 2. The topological polar surface area (TPSA) is 83.0 Å². The summed E-state index contributed by atoms with van der Waals surface area (Å²) in [7, 11) is 3.60. The summed E-state index contributed by atoms with van der Waals surface area (Å²) in [6.07, 6.45) is 5.90. The highest BCUT2D eigenvalue weighted by molar-refractivity contribution is 5.92. The van der Waals surface area contributed by atoms with Crippen LogP contribution in [0.2, 0.25) is 0 Å². The van der Waals surface area contributed by atoms with Crippen molar-refractivity contribution in [2.24, 2.45) is 13.0 Å². The third-order valence-electron chi connectivity index (χ3n) is 4.47. The van der Waals surface area contributed by atoms with Gasteiger partial charge in [-0.2, -0.15) is 5.10 Å². The molecule has 0 unspecified atom stereocenters. The Morgan fingerprint density at radius 2 is 2.29 bits per heavy atom. The number of H-pyrrole nitrogens is 1. The predicted octanol–water partition coefficient (Wildman–Crippen LogP) is 1.23. The normalized spacial score (nSPS) is 21.1. The van der Waals surface area contributed by atoms with E-state index in [2.05, 4.69) is 15.4 Å². The second-order valence-electron chi connectivity index (χ2n) is 6.14. The number of piperidine rings is 1. The molecule has 1 saturated heterocycles. The quantitative estimate of drug-likeness (QED) is 0.883. The highest BCUT2D eigenvalue weighted by Gasteiger charge is 2.35. The molecule has 0 bridgehead atoms. The lowest BCUT2D eigenvalue weighted by Crippen LogP contribution is -2.44. The van der Waals surface area contributed by atoms with Crippen LogP contribution in [0.4, 0.5) is 4.39 Å². The first kappa shape index (κ1) is 16.2. The zero-order valence-corrected chi connectivity index (χ0v) is 13.6. The highest BCUT2D eigenvalue weighted by atomic mass is 19.1. The summed E-state index contributed by atoms with van der Waals surface area (Å²) in [5.74, 6) is -0.682. The maximum Gasteiger partial charge on any atom is 0.267 e. The SMILES string of the molecule is CN1C(=O)CC[C@H](CNC(=O)c2cc(F)c[nH]2)[C@H]1c1cnn(C)c1. The number of carbonyl (C=O) groups excluding carboxylic acids is 2. The third kappa shape index (κ3) is 3.17. The average molecular weight is 333 g/mol. The number of amides is 2. The van der Waals surface area contributed by atoms with Gasteiger partial charge in [-0.15, -0.1) is 0 Å². The molecule has 24 heavy (non-hydrogen) atoms. The predicted molar refractivity (Wildman–Crippen MR) is 84.5 cm³/mol. The summed E-state index contributed by atoms with van der Waals surface area (Å²) >= 11 is 0. The van der Waals surface area contributed by atoms with Gasteiger partial charge < -0.3 is 15.2 Å². The fourth-order valence-corrected chi connectivity index (χ4v) is 3.23. The van der Waals surface area contributed by atoms with Crippen molar-refractivity contribution in [3.05, 3.63) is 41.7 Å². The summed E-state index contributed by atoms with van der Waals surface area (Å²) in [6.45, 7) is 0.399. The number of halogens is 1. The lowest BCUT2D eigenvalue weighted by Gasteiger charge is -2.38. The molecular formula is C16H20FN5O2. The number of nitrogens with zero attached hydrogens (tertiary/aromatic N) is 3. The minimum absolute atomic E-state index is 0.0701. The fraction of sp³-hybridized carbons (Fsp3) is 0.438. The van der Waals surface area contributed by atoms with E-state index in [1.54, 1.807) is 22.8 Å². The van der Waals surface area contributed by atoms with Gasteiger partial charge in [0.15, 0.2) is 0 Å². The van der Waals surface area contributed by atoms with E-state index in [-0.39, 0.29) is 29.5 Å². The summed E-state index contributed by atoms with van der Waals surface area (Å²) < 4.78 is 14.7. The van der Waals surface area contributed by atoms with E-state index in [4.69, 9.17) is 0 Å². The van der Waals surface area contributed by atoms with E-state index in [9.17, 15) is 14.0 Å². The molecule has 0 saturated carbocycles. The van der Waals surface area contributed by atoms with Crippen LogP contribution in [-0.4, -0.2) is 45.1 Å². The van der Waals surface area contributed by atoms with E-state index in [0.717, 1.165) is 17.8 Å². The summed E-state index contributed by atoms with van der Waals surface area (Å²) in [4.78, 5) is 28.4. The molecule has 2 aromatic rings. The summed E-state index contributed by atoms with van der Waals surface area (Å²) in [5.41, 5.74) is 1.13. The Morgan fingerprint density at radius 3 is 2.92 bits per heavy atom. The zero-order valence-electron chi connectivity index (χ0n) is 13.6. The van der Waals surface area contributed by atoms with Crippen LogP contribution in [0.15, 0.2) is 24.7 Å². The first-order valence-corrected chi connectivity index (χ1v) is 7.82. The van der Waals surface area contributed by atoms with Crippen molar-refractivity contribution in [2.45, 2.75) is 18.9 Å². The van der Waals surface area contributed by atoms with E-state index >= 15 is 0 Å². The molecule has 0 aliphatic carbocycles. The number of hydrogen-bond acceptors (Lipinski definition) is 3. The Balaban J connectivity index is 1.72. The number of rotatable bonds is 4. The molecule has 0 radical (unpaired) electrons. The number of aromatic amines is 1. The van der Waals surface area contributed by atoms with E-state index in [1.165, 1.54) is 0 Å². The summed E-state index contributed by atoms with van der Waals surface area (Å²) in [6, 6.07) is 1.02. The van der Waals surface area contributed by atoms with Crippen LogP contribution in [-0.2, 0) is 11.8 Å². The van der Waals surface area contributed by atoms with Gasteiger partial charge in [-0.25, -0.2) is 4.39 Å². The van der Waals surface area contributed by atoms with Crippen LogP contribution < -0.4 is 5.32 Å². The van der Waals surface area contributed by atoms with Crippen LogP contribution in [0.5, 0.6) is 0 Å². The zero-order chi connectivity index (χ0) is 17.3. The van der Waals surface area contributed by atoms with Crippen molar-refractivity contribution in [2.75, 3.05) is 13.6 Å². The van der Waals surface area contributed by atoms with Crippen molar-refractivity contribution < 1.29 is 14.0 Å². The molecule has 2 N–H and O–H groups in total. The van der Waals surface area contributed by atoms with Crippen molar-refractivity contribution in [1.82, 2.24) is 25.0 Å². The van der Waals surface area contributed by atoms with E-state index in [1.807, 2.05) is 13.2 Å². The highest BCUT2D eigenvalue weighted by Crippen LogP contribution is 2.35. The largest absolute Gasteiger partial charge is 0.355 e. The van der Waals surface area contributed by atoms with E-state index in [0.29, 0.717) is 19.4 Å². The Kier molecular flexibility index (Phi) is 4.37. The third-order valence-corrected chi connectivity index (χ3v) is 4.47. The van der Waals surface area contributed by atoms with Crippen LogP contribution in [0.3, 0.4) is 0 Å². The van der Waals surface area contributed by atoms with Gasteiger partial charge in [-0.05, 0) is 6.42 Å². The Bertz CT molecular complexity index is 753. The number of aromatic nitrogens is 3. The maximum absolute atomic E-state index is 13.0. The Labute approximate surface area is 138 Å². The number of likely N-dealkylation sites (tertiary alicyclic amines) is 1. The molecular weight excluding hydrogens is 313 g/mol. The van der Waals surface area contributed by atoms with Crippen LogP contribution in [0, 0.1) is 11.7 Å². The first-order chi connectivity index (χ1) is 11.5. The van der Waals surface area contributed by atoms with Crippen LogP contribution >= 0.6 is 0 Å². The molecule has 128 valence electrons. The molecule has 1 aliphatic rings. The molecule has 3 heterocycles. The monoisotopic (exact) mass is 333 g/mol. The van der Waals surface area contributed by atoms with Gasteiger partial charge >= 0.3 is 0 Å². The van der Waals surface area contributed by atoms with Gasteiger partial charge in [0, 0.05) is 57.0 Å². The number of carbonyl (C=O) groups is 2.